The van der Waals surface area contributed by atoms with Crippen LogP contribution in [0.25, 0.3) is 10.8 Å². The Morgan fingerprint density at radius 3 is 2.81 bits per heavy atom. The molecule has 0 aromatic heterocycles. The minimum Gasteiger partial charge on any atom is -0.470 e. The minimum absolute atomic E-state index is 0.206. The first-order chi connectivity index (χ1) is 13.3. The van der Waals surface area contributed by atoms with Crippen molar-refractivity contribution in [1.29, 1.82) is 0 Å². The standard InChI is InChI=1S/C23H21NO3/c1-2-26-23(25)21-20-17-9-5-3-7-15(17)11-12-19(20)27-22-18-10-6-4-8-16(18)13-14-24(21)22/h3-12,21-22H,2,13-14H2,1H3/t21-,22-/m1/s1. The van der Waals surface area contributed by atoms with Crippen molar-refractivity contribution in [1.82, 2.24) is 4.90 Å². The van der Waals surface area contributed by atoms with Crippen molar-refractivity contribution in [2.24, 2.45) is 0 Å². The van der Waals surface area contributed by atoms with Gasteiger partial charge in [-0.1, -0.05) is 54.6 Å². The van der Waals surface area contributed by atoms with E-state index in [1.165, 1.54) is 5.56 Å². The van der Waals surface area contributed by atoms with Gasteiger partial charge in [0, 0.05) is 17.7 Å². The molecule has 0 N–H and O–H groups in total. The minimum atomic E-state index is -0.460. The fraction of sp³-hybridized carbons (Fsp3) is 0.261. The summed E-state index contributed by atoms with van der Waals surface area (Å²) in [4.78, 5) is 15.2. The first-order valence-corrected chi connectivity index (χ1v) is 9.46. The molecule has 5 rings (SSSR count). The second-order valence-corrected chi connectivity index (χ2v) is 7.01. The first-order valence-electron chi connectivity index (χ1n) is 9.46. The molecule has 4 nitrogen and oxygen atoms in total. The van der Waals surface area contributed by atoms with Crippen molar-refractivity contribution in [3.8, 4) is 5.75 Å². The van der Waals surface area contributed by atoms with Gasteiger partial charge in [-0.05, 0) is 35.7 Å². The Labute approximate surface area is 158 Å². The summed E-state index contributed by atoms with van der Waals surface area (Å²) in [7, 11) is 0. The van der Waals surface area contributed by atoms with E-state index in [1.54, 1.807) is 0 Å². The van der Waals surface area contributed by atoms with Gasteiger partial charge < -0.3 is 9.47 Å². The Morgan fingerprint density at radius 1 is 1.11 bits per heavy atom. The largest absolute Gasteiger partial charge is 0.470 e. The van der Waals surface area contributed by atoms with Crippen LogP contribution < -0.4 is 4.74 Å². The Balaban J connectivity index is 1.72. The number of hydrogen-bond acceptors (Lipinski definition) is 4. The molecule has 2 heterocycles. The van der Waals surface area contributed by atoms with E-state index in [0.717, 1.165) is 40.6 Å². The van der Waals surface area contributed by atoms with Crippen LogP contribution in [0.1, 0.15) is 35.9 Å². The monoisotopic (exact) mass is 359 g/mol. The van der Waals surface area contributed by atoms with Gasteiger partial charge in [0.05, 0.1) is 6.61 Å². The lowest BCUT2D eigenvalue weighted by Crippen LogP contribution is -2.47. The number of nitrogens with zero attached hydrogens (tertiary/aromatic N) is 1. The lowest BCUT2D eigenvalue weighted by Gasteiger charge is -2.45. The molecule has 0 radical (unpaired) electrons. The zero-order valence-electron chi connectivity index (χ0n) is 15.2. The summed E-state index contributed by atoms with van der Waals surface area (Å²) >= 11 is 0. The van der Waals surface area contributed by atoms with Crippen molar-refractivity contribution in [2.45, 2.75) is 25.6 Å². The second-order valence-electron chi connectivity index (χ2n) is 7.01. The van der Waals surface area contributed by atoms with Crippen molar-refractivity contribution < 1.29 is 14.3 Å². The fourth-order valence-corrected chi connectivity index (χ4v) is 4.36. The maximum Gasteiger partial charge on any atom is 0.328 e. The van der Waals surface area contributed by atoms with Gasteiger partial charge in [-0.3, -0.25) is 0 Å². The predicted octanol–water partition coefficient (Wildman–Crippen LogP) is 4.39. The Hall–Kier alpha value is -2.85. The summed E-state index contributed by atoms with van der Waals surface area (Å²) in [5.41, 5.74) is 3.34. The molecule has 3 aromatic carbocycles. The van der Waals surface area contributed by atoms with Crippen LogP contribution >= 0.6 is 0 Å². The van der Waals surface area contributed by atoms with Crippen LogP contribution in [-0.4, -0.2) is 24.0 Å². The third-order valence-electron chi connectivity index (χ3n) is 5.55. The van der Waals surface area contributed by atoms with Crippen LogP contribution in [-0.2, 0) is 16.0 Å². The van der Waals surface area contributed by atoms with Crippen LogP contribution in [0.15, 0.2) is 60.7 Å². The summed E-state index contributed by atoms with van der Waals surface area (Å²) in [6.45, 7) is 2.98. The van der Waals surface area contributed by atoms with Crippen LogP contribution in [0.2, 0.25) is 0 Å². The van der Waals surface area contributed by atoms with E-state index in [1.807, 2.05) is 31.2 Å². The molecule has 0 bridgehead atoms. The predicted molar refractivity (Wildman–Crippen MR) is 104 cm³/mol. The number of carbonyl (C=O) groups is 1. The number of ether oxygens (including phenoxy) is 2. The third kappa shape index (κ3) is 2.52. The topological polar surface area (TPSA) is 38.8 Å². The van der Waals surface area contributed by atoms with E-state index in [2.05, 4.69) is 41.3 Å². The molecule has 0 spiro atoms. The molecule has 2 aliphatic rings. The van der Waals surface area contributed by atoms with Gasteiger partial charge in [0.1, 0.15) is 11.8 Å². The SMILES string of the molecule is CCOC(=O)[C@H]1c2c(ccc3ccccc23)O[C@@H]2c3ccccc3CCN21. The summed E-state index contributed by atoms with van der Waals surface area (Å²) in [6, 6.07) is 20.0. The highest BCUT2D eigenvalue weighted by Gasteiger charge is 2.44. The summed E-state index contributed by atoms with van der Waals surface area (Å²) in [5.74, 6) is 0.562. The highest BCUT2D eigenvalue weighted by Crippen LogP contribution is 2.48. The fourth-order valence-electron chi connectivity index (χ4n) is 4.36. The van der Waals surface area contributed by atoms with E-state index in [-0.39, 0.29) is 12.2 Å². The Bertz CT molecular complexity index is 1030. The van der Waals surface area contributed by atoms with Crippen LogP contribution in [0.3, 0.4) is 0 Å². The molecule has 0 aliphatic carbocycles. The van der Waals surface area contributed by atoms with E-state index in [9.17, 15) is 4.79 Å². The number of hydrogen-bond donors (Lipinski definition) is 0. The number of rotatable bonds is 2. The smallest absolute Gasteiger partial charge is 0.328 e. The third-order valence-corrected chi connectivity index (χ3v) is 5.55. The molecule has 27 heavy (non-hydrogen) atoms. The zero-order valence-corrected chi connectivity index (χ0v) is 15.2. The Kier molecular flexibility index (Phi) is 3.87. The number of fused-ring (bicyclic) bond motifs is 6. The highest BCUT2D eigenvalue weighted by molar-refractivity contribution is 5.93. The van der Waals surface area contributed by atoms with Gasteiger partial charge >= 0.3 is 5.97 Å². The average Bonchev–Trinajstić information content (AvgIpc) is 2.72. The quantitative estimate of drug-likeness (QED) is 0.636. The van der Waals surface area contributed by atoms with Crippen LogP contribution in [0.4, 0.5) is 0 Å². The van der Waals surface area contributed by atoms with E-state index in [4.69, 9.17) is 9.47 Å². The van der Waals surface area contributed by atoms with Crippen LogP contribution in [0.5, 0.6) is 5.75 Å². The molecule has 3 aromatic rings. The zero-order chi connectivity index (χ0) is 18.4. The van der Waals surface area contributed by atoms with E-state index in [0.29, 0.717) is 6.61 Å². The summed E-state index contributed by atoms with van der Waals surface area (Å²) in [6.07, 6.45) is 0.629. The number of benzene rings is 3. The molecule has 0 unspecified atom stereocenters. The van der Waals surface area contributed by atoms with E-state index < -0.39 is 6.04 Å². The second kappa shape index (κ2) is 6.39. The molecular weight excluding hydrogens is 338 g/mol. The van der Waals surface area contributed by atoms with Gasteiger partial charge in [0.25, 0.3) is 0 Å². The lowest BCUT2D eigenvalue weighted by atomic mass is 9.90. The molecule has 0 saturated heterocycles. The highest BCUT2D eigenvalue weighted by atomic mass is 16.5. The van der Waals surface area contributed by atoms with Crippen molar-refractivity contribution in [3.63, 3.8) is 0 Å². The van der Waals surface area contributed by atoms with Gasteiger partial charge in [0.2, 0.25) is 0 Å². The summed E-state index contributed by atoms with van der Waals surface area (Å²) < 4.78 is 11.9. The molecule has 2 atom stereocenters. The normalized spacial score (nSPS) is 20.9. The number of esters is 1. The summed E-state index contributed by atoms with van der Waals surface area (Å²) in [5, 5.41) is 2.15. The van der Waals surface area contributed by atoms with Gasteiger partial charge in [-0.15, -0.1) is 0 Å². The molecule has 136 valence electrons. The molecule has 0 saturated carbocycles. The van der Waals surface area contributed by atoms with Gasteiger partial charge in [-0.2, -0.15) is 0 Å². The lowest BCUT2D eigenvalue weighted by molar-refractivity contribution is -0.157. The number of carbonyl (C=O) groups excluding carboxylic acids is 1. The molecule has 4 heteroatoms. The van der Waals surface area contributed by atoms with Crippen LogP contribution in [0, 0.1) is 0 Å². The molecule has 0 fully saturated rings. The maximum atomic E-state index is 13.1. The van der Waals surface area contributed by atoms with Crippen molar-refractivity contribution in [2.75, 3.05) is 13.2 Å². The molecule has 2 aliphatic heterocycles. The molecular formula is C23H21NO3. The van der Waals surface area contributed by atoms with Gasteiger partial charge in [-0.25, -0.2) is 9.69 Å². The first kappa shape index (κ1) is 16.3. The van der Waals surface area contributed by atoms with Crippen molar-refractivity contribution >= 4 is 16.7 Å². The maximum absolute atomic E-state index is 13.1. The molecule has 0 amide bonds. The van der Waals surface area contributed by atoms with E-state index >= 15 is 0 Å². The average molecular weight is 359 g/mol. The van der Waals surface area contributed by atoms with Crippen molar-refractivity contribution in [3.05, 3.63) is 77.4 Å². The Morgan fingerprint density at radius 2 is 1.93 bits per heavy atom. The van der Waals surface area contributed by atoms with Gasteiger partial charge in [0.15, 0.2) is 6.23 Å².